The molecule has 100 valence electrons. The van der Waals surface area contributed by atoms with Gasteiger partial charge in [-0.15, -0.1) is 0 Å². The topological polar surface area (TPSA) is 92.7 Å². The Morgan fingerprint density at radius 3 is 2.44 bits per heavy atom. The zero-order chi connectivity index (χ0) is 13.5. The van der Waals surface area contributed by atoms with Crippen molar-refractivity contribution in [3.63, 3.8) is 0 Å². The van der Waals surface area contributed by atoms with E-state index >= 15 is 0 Å². The first-order chi connectivity index (χ1) is 8.56. The molecule has 0 aromatic rings. The predicted molar refractivity (Wildman–Crippen MR) is 62.6 cm³/mol. The van der Waals surface area contributed by atoms with Crippen LogP contribution in [0.5, 0.6) is 0 Å². The number of hydrogen-bond acceptors (Lipinski definition) is 4. The molecule has 2 N–H and O–H groups in total. The van der Waals surface area contributed by atoms with Crippen molar-refractivity contribution in [3.8, 4) is 0 Å². The van der Waals surface area contributed by atoms with Gasteiger partial charge in [0.25, 0.3) is 0 Å². The predicted octanol–water partition coefficient (Wildman–Crippen LogP) is 0.333. The van der Waals surface area contributed by atoms with Crippen molar-refractivity contribution < 1.29 is 24.2 Å². The number of carbonyl (C=O) groups is 3. The van der Waals surface area contributed by atoms with Crippen LogP contribution in [0.25, 0.3) is 0 Å². The highest BCUT2D eigenvalue weighted by atomic mass is 16.5. The number of carboxylic acid groups (broad SMARTS) is 1. The molecule has 6 heteroatoms. The summed E-state index contributed by atoms with van der Waals surface area (Å²) in [6.07, 6.45) is 4.45. The van der Waals surface area contributed by atoms with E-state index in [2.05, 4.69) is 10.1 Å². The molecule has 0 fully saturated rings. The standard InChI is InChI=1S/C12H17NO5/c1-18-10(14)6-7-13-11(15)8-4-2-3-5-9(8)12(16)17/h2-3,8-9H,4-7H2,1H3,(H,13,15)(H,16,17)/t8-,9+/m1/s1. The zero-order valence-electron chi connectivity index (χ0n) is 10.2. The minimum Gasteiger partial charge on any atom is -0.481 e. The highest BCUT2D eigenvalue weighted by Gasteiger charge is 2.33. The van der Waals surface area contributed by atoms with Gasteiger partial charge in [-0.1, -0.05) is 12.2 Å². The number of amides is 1. The average molecular weight is 255 g/mol. The minimum atomic E-state index is -0.965. The number of esters is 1. The molecule has 1 aliphatic carbocycles. The lowest BCUT2D eigenvalue weighted by molar-refractivity contribution is -0.147. The fourth-order valence-corrected chi connectivity index (χ4v) is 1.90. The molecule has 0 spiro atoms. The Hall–Kier alpha value is -1.85. The molecule has 0 radical (unpaired) electrons. The molecule has 0 aliphatic heterocycles. The highest BCUT2D eigenvalue weighted by molar-refractivity contribution is 5.85. The van der Waals surface area contributed by atoms with Crippen LogP contribution in [0.4, 0.5) is 0 Å². The molecule has 0 aromatic heterocycles. The monoisotopic (exact) mass is 255 g/mol. The van der Waals surface area contributed by atoms with Gasteiger partial charge in [-0.25, -0.2) is 0 Å². The van der Waals surface area contributed by atoms with Crippen molar-refractivity contribution in [1.29, 1.82) is 0 Å². The van der Waals surface area contributed by atoms with Crippen LogP contribution >= 0.6 is 0 Å². The first-order valence-corrected chi connectivity index (χ1v) is 5.78. The van der Waals surface area contributed by atoms with Crippen LogP contribution < -0.4 is 5.32 Å². The molecule has 0 unspecified atom stereocenters. The van der Waals surface area contributed by atoms with Crippen LogP contribution in [0, 0.1) is 11.8 Å². The van der Waals surface area contributed by atoms with Crippen LogP contribution in [0.1, 0.15) is 19.3 Å². The number of ether oxygens (including phenoxy) is 1. The molecule has 0 saturated carbocycles. The third kappa shape index (κ3) is 3.87. The average Bonchev–Trinajstić information content (AvgIpc) is 2.38. The molecule has 0 aromatic carbocycles. The molecule has 1 rings (SSSR count). The van der Waals surface area contributed by atoms with Gasteiger partial charge in [0, 0.05) is 6.54 Å². The van der Waals surface area contributed by atoms with E-state index in [9.17, 15) is 14.4 Å². The molecule has 18 heavy (non-hydrogen) atoms. The van der Waals surface area contributed by atoms with E-state index in [-0.39, 0.29) is 18.9 Å². The van der Waals surface area contributed by atoms with Crippen molar-refractivity contribution in [1.82, 2.24) is 5.32 Å². The van der Waals surface area contributed by atoms with E-state index in [1.54, 1.807) is 6.08 Å². The Morgan fingerprint density at radius 1 is 1.28 bits per heavy atom. The molecule has 1 aliphatic rings. The first kappa shape index (κ1) is 14.2. The fourth-order valence-electron chi connectivity index (χ4n) is 1.90. The van der Waals surface area contributed by atoms with Gasteiger partial charge in [0.1, 0.15) is 0 Å². The van der Waals surface area contributed by atoms with Gasteiger partial charge in [0.15, 0.2) is 0 Å². The Morgan fingerprint density at radius 2 is 1.89 bits per heavy atom. The lowest BCUT2D eigenvalue weighted by atomic mass is 9.82. The molecule has 0 heterocycles. The largest absolute Gasteiger partial charge is 0.481 e. The van der Waals surface area contributed by atoms with Crippen LogP contribution in [0.15, 0.2) is 12.2 Å². The van der Waals surface area contributed by atoms with Gasteiger partial charge < -0.3 is 15.2 Å². The Kier molecular flexibility index (Phi) is 5.35. The van der Waals surface area contributed by atoms with E-state index in [1.165, 1.54) is 7.11 Å². The van der Waals surface area contributed by atoms with Crippen molar-refractivity contribution in [3.05, 3.63) is 12.2 Å². The number of nitrogens with one attached hydrogen (secondary N) is 1. The fraction of sp³-hybridized carbons (Fsp3) is 0.583. The summed E-state index contributed by atoms with van der Waals surface area (Å²) in [4.78, 5) is 33.7. The van der Waals surface area contributed by atoms with Gasteiger partial charge >= 0.3 is 11.9 Å². The van der Waals surface area contributed by atoms with E-state index in [4.69, 9.17) is 5.11 Å². The van der Waals surface area contributed by atoms with Gasteiger partial charge in [0.05, 0.1) is 25.4 Å². The molecule has 1 amide bonds. The van der Waals surface area contributed by atoms with Crippen LogP contribution in [-0.4, -0.2) is 36.6 Å². The maximum Gasteiger partial charge on any atom is 0.307 e. The summed E-state index contributed by atoms with van der Waals surface area (Å²) in [6.45, 7) is 0.165. The number of aliphatic carboxylic acids is 1. The third-order valence-corrected chi connectivity index (χ3v) is 2.94. The van der Waals surface area contributed by atoms with E-state index in [0.717, 1.165) is 0 Å². The second-order valence-corrected chi connectivity index (χ2v) is 4.11. The van der Waals surface area contributed by atoms with Crippen LogP contribution in [0.3, 0.4) is 0 Å². The number of rotatable bonds is 5. The van der Waals surface area contributed by atoms with E-state index in [0.29, 0.717) is 12.8 Å². The first-order valence-electron chi connectivity index (χ1n) is 5.78. The lowest BCUT2D eigenvalue weighted by Gasteiger charge is -2.24. The second kappa shape index (κ2) is 6.78. The molecular weight excluding hydrogens is 238 g/mol. The number of methoxy groups -OCH3 is 1. The summed E-state index contributed by atoms with van der Waals surface area (Å²) in [5, 5.41) is 11.6. The zero-order valence-corrected chi connectivity index (χ0v) is 10.2. The smallest absolute Gasteiger partial charge is 0.307 e. The van der Waals surface area contributed by atoms with Crippen LogP contribution in [-0.2, 0) is 19.1 Å². The summed E-state index contributed by atoms with van der Waals surface area (Å²) in [5.74, 6) is -2.95. The number of carbonyl (C=O) groups excluding carboxylic acids is 2. The molecule has 0 bridgehead atoms. The number of carboxylic acids is 1. The van der Waals surface area contributed by atoms with Crippen molar-refractivity contribution >= 4 is 17.8 Å². The molecule has 0 saturated heterocycles. The van der Waals surface area contributed by atoms with E-state index in [1.807, 2.05) is 6.08 Å². The van der Waals surface area contributed by atoms with Gasteiger partial charge in [-0.05, 0) is 12.8 Å². The normalized spacial score (nSPS) is 22.3. The van der Waals surface area contributed by atoms with Crippen molar-refractivity contribution in [2.45, 2.75) is 19.3 Å². The SMILES string of the molecule is COC(=O)CCNC(=O)[C@@H]1CC=CC[C@@H]1C(=O)O. The molecule has 6 nitrogen and oxygen atoms in total. The maximum atomic E-state index is 11.8. The lowest BCUT2D eigenvalue weighted by Crippen LogP contribution is -2.39. The van der Waals surface area contributed by atoms with Gasteiger partial charge in [0.2, 0.25) is 5.91 Å². The Bertz CT molecular complexity index is 363. The molecule has 2 atom stereocenters. The summed E-state index contributed by atoms with van der Waals surface area (Å²) >= 11 is 0. The van der Waals surface area contributed by atoms with Crippen molar-refractivity contribution in [2.24, 2.45) is 11.8 Å². The minimum absolute atomic E-state index is 0.0859. The number of allylic oxidation sites excluding steroid dienone is 2. The maximum absolute atomic E-state index is 11.8. The summed E-state index contributed by atoms with van der Waals surface area (Å²) in [6, 6.07) is 0. The van der Waals surface area contributed by atoms with E-state index < -0.39 is 23.8 Å². The summed E-state index contributed by atoms with van der Waals surface area (Å²) < 4.78 is 4.44. The Balaban J connectivity index is 2.46. The van der Waals surface area contributed by atoms with Crippen molar-refractivity contribution in [2.75, 3.05) is 13.7 Å². The highest BCUT2D eigenvalue weighted by Crippen LogP contribution is 2.25. The second-order valence-electron chi connectivity index (χ2n) is 4.11. The van der Waals surface area contributed by atoms with Crippen LogP contribution in [0.2, 0.25) is 0 Å². The third-order valence-electron chi connectivity index (χ3n) is 2.94. The quantitative estimate of drug-likeness (QED) is 0.545. The number of hydrogen-bond donors (Lipinski definition) is 2. The van der Waals surface area contributed by atoms with Gasteiger partial charge in [-0.2, -0.15) is 0 Å². The summed E-state index contributed by atoms with van der Waals surface area (Å²) in [7, 11) is 1.27. The Labute approximate surface area is 105 Å². The molecular formula is C12H17NO5. The van der Waals surface area contributed by atoms with Gasteiger partial charge in [-0.3, -0.25) is 14.4 Å². The summed E-state index contributed by atoms with van der Waals surface area (Å²) in [5.41, 5.74) is 0.